The number of thiazole rings is 1. The minimum atomic E-state index is -3.38. The second kappa shape index (κ2) is 8.73. The molecule has 1 N–H and O–H groups in total. The van der Waals surface area contributed by atoms with E-state index in [1.54, 1.807) is 35.6 Å². The molecule has 0 atom stereocenters. The van der Waals surface area contributed by atoms with Crippen LogP contribution in [0.5, 0.6) is 0 Å². The lowest BCUT2D eigenvalue weighted by Gasteiger charge is -2.31. The van der Waals surface area contributed by atoms with Gasteiger partial charge in [0.25, 0.3) is 5.91 Å². The van der Waals surface area contributed by atoms with Crippen molar-refractivity contribution in [2.24, 2.45) is 0 Å². The molecule has 1 saturated heterocycles. The van der Waals surface area contributed by atoms with Crippen LogP contribution in [0.3, 0.4) is 0 Å². The molecule has 158 valence electrons. The molecule has 8 heteroatoms. The molecule has 1 aliphatic rings. The van der Waals surface area contributed by atoms with E-state index in [4.69, 9.17) is 4.98 Å². The van der Waals surface area contributed by atoms with E-state index in [1.165, 1.54) is 4.70 Å². The van der Waals surface area contributed by atoms with Crippen molar-refractivity contribution in [2.75, 3.05) is 23.6 Å². The van der Waals surface area contributed by atoms with Crippen LogP contribution in [0.4, 0.5) is 5.69 Å². The van der Waals surface area contributed by atoms with Gasteiger partial charge in [-0.05, 0) is 49.6 Å². The number of likely N-dealkylation sites (tertiary alicyclic amines) is 1. The Morgan fingerprint density at radius 2 is 1.93 bits per heavy atom. The number of para-hydroxylation sites is 1. The molecule has 4 rings (SSSR count). The van der Waals surface area contributed by atoms with Gasteiger partial charge in [0.2, 0.25) is 10.0 Å². The lowest BCUT2D eigenvalue weighted by Crippen LogP contribution is -2.37. The predicted octanol–water partition coefficient (Wildman–Crippen LogP) is 4.47. The number of nitrogens with zero attached hydrogens (tertiary/aromatic N) is 2. The highest BCUT2D eigenvalue weighted by Gasteiger charge is 2.26. The fourth-order valence-electron chi connectivity index (χ4n) is 3.79. The number of carbonyl (C=O) groups excluding carboxylic acids is 1. The van der Waals surface area contributed by atoms with Crippen LogP contribution in [0.1, 0.15) is 47.5 Å². The third kappa shape index (κ3) is 4.65. The molecule has 0 saturated carbocycles. The third-order valence-electron chi connectivity index (χ3n) is 5.30. The minimum Gasteiger partial charge on any atom is -0.339 e. The zero-order valence-electron chi connectivity index (χ0n) is 16.9. The maximum absolute atomic E-state index is 13.0. The van der Waals surface area contributed by atoms with Gasteiger partial charge in [0, 0.05) is 30.3 Å². The summed E-state index contributed by atoms with van der Waals surface area (Å²) in [7, 11) is -3.38. The molecule has 0 radical (unpaired) electrons. The molecule has 1 aromatic heterocycles. The number of anilines is 1. The topological polar surface area (TPSA) is 79.4 Å². The lowest BCUT2D eigenvalue weighted by molar-refractivity contribution is 0.0713. The maximum Gasteiger partial charge on any atom is 0.253 e. The minimum absolute atomic E-state index is 0.0600. The molecule has 30 heavy (non-hydrogen) atoms. The van der Waals surface area contributed by atoms with E-state index in [9.17, 15) is 13.2 Å². The van der Waals surface area contributed by atoms with Crippen molar-refractivity contribution in [3.63, 3.8) is 0 Å². The smallest absolute Gasteiger partial charge is 0.253 e. The monoisotopic (exact) mass is 443 g/mol. The van der Waals surface area contributed by atoms with Crippen LogP contribution in [0, 0.1) is 0 Å². The third-order valence-corrected chi connectivity index (χ3v) is 7.99. The van der Waals surface area contributed by atoms with E-state index in [-0.39, 0.29) is 11.7 Å². The Balaban J connectivity index is 1.41. The molecule has 0 aliphatic carbocycles. The van der Waals surface area contributed by atoms with Crippen molar-refractivity contribution in [2.45, 2.75) is 32.1 Å². The number of hydrogen-bond acceptors (Lipinski definition) is 5. The zero-order valence-corrected chi connectivity index (χ0v) is 18.5. The molecule has 0 spiro atoms. The van der Waals surface area contributed by atoms with E-state index < -0.39 is 10.0 Å². The number of benzene rings is 2. The number of carbonyl (C=O) groups is 1. The number of amides is 1. The van der Waals surface area contributed by atoms with Gasteiger partial charge >= 0.3 is 0 Å². The van der Waals surface area contributed by atoms with Gasteiger partial charge in [-0.2, -0.15) is 0 Å². The Kier molecular flexibility index (Phi) is 6.06. The van der Waals surface area contributed by atoms with Crippen molar-refractivity contribution >= 4 is 43.2 Å². The lowest BCUT2D eigenvalue weighted by atomic mass is 9.97. The number of rotatable bonds is 6. The Morgan fingerprint density at radius 3 is 2.67 bits per heavy atom. The molecule has 3 aromatic rings. The number of fused-ring (bicyclic) bond motifs is 1. The van der Waals surface area contributed by atoms with Crippen LogP contribution >= 0.6 is 11.3 Å². The van der Waals surface area contributed by atoms with Crippen molar-refractivity contribution in [3.8, 4) is 0 Å². The standard InChI is InChI=1S/C22H25N3O3S2/c1-2-14-30(27,28)24-18-7-5-6-17(15-18)22(26)25-12-10-16(11-13-25)21-23-19-8-3-4-9-20(19)29-21/h3-9,15-16,24H,2,10-14H2,1H3. The van der Waals surface area contributed by atoms with Crippen LogP contribution < -0.4 is 4.72 Å². The molecule has 2 aromatic carbocycles. The van der Waals surface area contributed by atoms with Crippen molar-refractivity contribution in [1.82, 2.24) is 9.88 Å². The average molecular weight is 444 g/mol. The van der Waals surface area contributed by atoms with Crippen molar-refractivity contribution < 1.29 is 13.2 Å². The molecular formula is C22H25N3O3S2. The average Bonchev–Trinajstić information content (AvgIpc) is 3.17. The van der Waals surface area contributed by atoms with Crippen LogP contribution in [-0.2, 0) is 10.0 Å². The molecule has 0 bridgehead atoms. The predicted molar refractivity (Wildman–Crippen MR) is 122 cm³/mol. The normalized spacial score (nSPS) is 15.4. The first kappa shape index (κ1) is 20.8. The highest BCUT2D eigenvalue weighted by molar-refractivity contribution is 7.92. The van der Waals surface area contributed by atoms with E-state index in [2.05, 4.69) is 10.8 Å². The summed E-state index contributed by atoms with van der Waals surface area (Å²) in [6, 6.07) is 14.9. The molecular weight excluding hydrogens is 418 g/mol. The van der Waals surface area contributed by atoms with Crippen molar-refractivity contribution in [1.29, 1.82) is 0 Å². The molecule has 1 aliphatic heterocycles. The van der Waals surface area contributed by atoms with Crippen LogP contribution in [0.25, 0.3) is 10.2 Å². The number of nitrogens with one attached hydrogen (secondary N) is 1. The van der Waals surface area contributed by atoms with Crippen LogP contribution in [0.15, 0.2) is 48.5 Å². The highest BCUT2D eigenvalue weighted by Crippen LogP contribution is 2.34. The van der Waals surface area contributed by atoms with Gasteiger partial charge in [0.1, 0.15) is 0 Å². The van der Waals surface area contributed by atoms with E-state index in [1.807, 2.05) is 30.0 Å². The number of sulfonamides is 1. The summed E-state index contributed by atoms with van der Waals surface area (Å²) >= 11 is 1.74. The summed E-state index contributed by atoms with van der Waals surface area (Å²) in [5.41, 5.74) is 1.97. The summed E-state index contributed by atoms with van der Waals surface area (Å²) in [6.07, 6.45) is 2.31. The van der Waals surface area contributed by atoms with Crippen LogP contribution in [-0.4, -0.2) is 43.1 Å². The summed E-state index contributed by atoms with van der Waals surface area (Å²) in [6.45, 7) is 3.16. The fourth-order valence-corrected chi connectivity index (χ4v) is 6.05. The zero-order chi connectivity index (χ0) is 21.1. The SMILES string of the molecule is CCCS(=O)(=O)Nc1cccc(C(=O)N2CCC(c3nc4ccccc4s3)CC2)c1. The summed E-state index contributed by atoms with van der Waals surface area (Å²) in [4.78, 5) is 19.6. The first-order valence-electron chi connectivity index (χ1n) is 10.2. The van der Waals surface area contributed by atoms with Crippen molar-refractivity contribution in [3.05, 3.63) is 59.1 Å². The van der Waals surface area contributed by atoms with Crippen LogP contribution in [0.2, 0.25) is 0 Å². The molecule has 0 unspecified atom stereocenters. The van der Waals surface area contributed by atoms with Gasteiger partial charge in [-0.1, -0.05) is 25.1 Å². The van der Waals surface area contributed by atoms with Gasteiger partial charge in [0.05, 0.1) is 21.0 Å². The molecule has 6 nitrogen and oxygen atoms in total. The highest BCUT2D eigenvalue weighted by atomic mass is 32.2. The second-order valence-electron chi connectivity index (χ2n) is 7.59. The van der Waals surface area contributed by atoms with E-state index in [0.29, 0.717) is 36.7 Å². The van der Waals surface area contributed by atoms with Gasteiger partial charge in [0.15, 0.2) is 0 Å². The first-order valence-corrected chi connectivity index (χ1v) is 12.7. The Labute approximate surface area is 181 Å². The molecule has 2 heterocycles. The van der Waals surface area contributed by atoms with Gasteiger partial charge in [-0.3, -0.25) is 9.52 Å². The largest absolute Gasteiger partial charge is 0.339 e. The number of hydrogen-bond donors (Lipinski definition) is 1. The summed E-state index contributed by atoms with van der Waals surface area (Å²) < 4.78 is 27.8. The number of piperidine rings is 1. The van der Waals surface area contributed by atoms with Gasteiger partial charge < -0.3 is 4.90 Å². The van der Waals surface area contributed by atoms with E-state index >= 15 is 0 Å². The quantitative estimate of drug-likeness (QED) is 0.610. The number of aromatic nitrogens is 1. The second-order valence-corrected chi connectivity index (χ2v) is 10.5. The summed E-state index contributed by atoms with van der Waals surface area (Å²) in [5, 5.41) is 1.15. The van der Waals surface area contributed by atoms with Gasteiger partial charge in [-0.15, -0.1) is 11.3 Å². The summed E-state index contributed by atoms with van der Waals surface area (Å²) in [5.74, 6) is 0.373. The fraction of sp³-hybridized carbons (Fsp3) is 0.364. The maximum atomic E-state index is 13.0. The Bertz CT molecular complexity index is 1120. The molecule has 1 amide bonds. The Hall–Kier alpha value is -2.45. The Morgan fingerprint density at radius 1 is 1.17 bits per heavy atom. The first-order chi connectivity index (χ1) is 14.4. The molecule has 1 fully saturated rings. The van der Waals surface area contributed by atoms with Gasteiger partial charge in [-0.25, -0.2) is 13.4 Å². The van der Waals surface area contributed by atoms with E-state index in [0.717, 1.165) is 23.4 Å².